The molecule has 1 unspecified atom stereocenters. The molecule has 0 aliphatic carbocycles. The number of pyridine rings is 1. The van der Waals surface area contributed by atoms with E-state index in [1.165, 1.54) is 0 Å². The van der Waals surface area contributed by atoms with Crippen molar-refractivity contribution in [2.24, 2.45) is 0 Å². The third-order valence-electron chi connectivity index (χ3n) is 2.88. The van der Waals surface area contributed by atoms with Crippen molar-refractivity contribution in [1.82, 2.24) is 15.6 Å². The van der Waals surface area contributed by atoms with Crippen molar-refractivity contribution in [3.8, 4) is 0 Å². The van der Waals surface area contributed by atoms with Crippen LogP contribution in [-0.4, -0.2) is 36.4 Å². The number of hydrogen-bond acceptors (Lipinski definition) is 4. The van der Waals surface area contributed by atoms with E-state index in [0.717, 1.165) is 12.1 Å². The van der Waals surface area contributed by atoms with Crippen LogP contribution in [0, 0.1) is 0 Å². The van der Waals surface area contributed by atoms with Crippen LogP contribution in [0.2, 0.25) is 0 Å². The van der Waals surface area contributed by atoms with E-state index in [4.69, 9.17) is 0 Å². The van der Waals surface area contributed by atoms with E-state index in [-0.39, 0.29) is 17.9 Å². The van der Waals surface area contributed by atoms with E-state index >= 15 is 0 Å². The van der Waals surface area contributed by atoms with Gasteiger partial charge in [-0.15, -0.1) is 0 Å². The van der Waals surface area contributed by atoms with Crippen LogP contribution in [0.1, 0.15) is 23.3 Å². The predicted octanol–water partition coefficient (Wildman–Crippen LogP) is 0.132. The maximum atomic E-state index is 11.8. The van der Waals surface area contributed by atoms with Crippen molar-refractivity contribution in [3.63, 3.8) is 0 Å². The molecule has 1 aromatic heterocycles. The van der Waals surface area contributed by atoms with E-state index < -0.39 is 0 Å². The fraction of sp³-hybridized carbons (Fsp3) is 0.417. The fourth-order valence-electron chi connectivity index (χ4n) is 1.85. The molecular weight excluding hydrogens is 232 g/mol. The Morgan fingerprint density at radius 3 is 3.11 bits per heavy atom. The summed E-state index contributed by atoms with van der Waals surface area (Å²) in [5, 5.41) is 8.51. The summed E-state index contributed by atoms with van der Waals surface area (Å²) in [6.07, 6.45) is 2.88. The predicted molar refractivity (Wildman–Crippen MR) is 67.3 cm³/mol. The molecule has 0 aromatic carbocycles. The van der Waals surface area contributed by atoms with Gasteiger partial charge in [0.05, 0.1) is 0 Å². The quantitative estimate of drug-likeness (QED) is 0.707. The Morgan fingerprint density at radius 2 is 2.44 bits per heavy atom. The molecule has 1 fully saturated rings. The van der Waals surface area contributed by atoms with Gasteiger partial charge in [0.2, 0.25) is 5.91 Å². The molecule has 2 heterocycles. The van der Waals surface area contributed by atoms with Crippen LogP contribution in [0.3, 0.4) is 0 Å². The highest BCUT2D eigenvalue weighted by Crippen LogP contribution is 2.08. The van der Waals surface area contributed by atoms with Gasteiger partial charge in [-0.05, 0) is 18.6 Å². The Morgan fingerprint density at radius 1 is 1.61 bits per heavy atom. The molecule has 1 aliphatic heterocycles. The topological polar surface area (TPSA) is 83.1 Å². The summed E-state index contributed by atoms with van der Waals surface area (Å²) in [5.41, 5.74) is 1.20. The molecule has 0 saturated carbocycles. The van der Waals surface area contributed by atoms with Crippen molar-refractivity contribution < 1.29 is 9.59 Å². The highest BCUT2D eigenvalue weighted by atomic mass is 16.2. The number of hydrogen-bond donors (Lipinski definition) is 3. The minimum atomic E-state index is -0.228. The fourth-order valence-corrected chi connectivity index (χ4v) is 1.85. The van der Waals surface area contributed by atoms with Gasteiger partial charge in [0, 0.05) is 37.9 Å². The molecule has 1 saturated heterocycles. The van der Waals surface area contributed by atoms with Gasteiger partial charge in [-0.1, -0.05) is 0 Å². The number of anilines is 1. The van der Waals surface area contributed by atoms with Crippen LogP contribution in [0.15, 0.2) is 18.3 Å². The van der Waals surface area contributed by atoms with Gasteiger partial charge in [0.25, 0.3) is 5.91 Å². The third-order valence-corrected chi connectivity index (χ3v) is 2.88. The van der Waals surface area contributed by atoms with Crippen molar-refractivity contribution in [3.05, 3.63) is 24.0 Å². The summed E-state index contributed by atoms with van der Waals surface area (Å²) in [4.78, 5) is 26.9. The van der Waals surface area contributed by atoms with Crippen LogP contribution < -0.4 is 16.0 Å². The Balaban J connectivity index is 1.89. The minimum Gasteiger partial charge on any atom is -0.388 e. The van der Waals surface area contributed by atoms with Gasteiger partial charge in [0.15, 0.2) is 0 Å². The third kappa shape index (κ3) is 2.97. The van der Waals surface area contributed by atoms with E-state index in [2.05, 4.69) is 20.9 Å². The Hall–Kier alpha value is -2.11. The lowest BCUT2D eigenvalue weighted by Crippen LogP contribution is -2.38. The van der Waals surface area contributed by atoms with Gasteiger partial charge < -0.3 is 16.0 Å². The van der Waals surface area contributed by atoms with Crippen molar-refractivity contribution in [2.75, 3.05) is 18.9 Å². The number of carbonyl (C=O) groups is 2. The minimum absolute atomic E-state index is 0.0360. The number of carbonyl (C=O) groups excluding carboxylic acids is 2. The molecule has 0 spiro atoms. The van der Waals surface area contributed by atoms with Crippen LogP contribution in [0.5, 0.6) is 0 Å². The first-order valence-electron chi connectivity index (χ1n) is 5.90. The average Bonchev–Trinajstić information content (AvgIpc) is 2.82. The molecule has 0 radical (unpaired) electrons. The lowest BCUT2D eigenvalue weighted by atomic mass is 10.2. The molecule has 1 aromatic rings. The van der Waals surface area contributed by atoms with Crippen molar-refractivity contribution in [2.45, 2.75) is 18.9 Å². The Bertz CT molecular complexity index is 461. The smallest absolute Gasteiger partial charge is 0.270 e. The maximum absolute atomic E-state index is 11.8. The molecule has 0 bridgehead atoms. The zero-order valence-corrected chi connectivity index (χ0v) is 10.2. The summed E-state index contributed by atoms with van der Waals surface area (Å²) < 4.78 is 0. The van der Waals surface area contributed by atoms with Crippen LogP contribution in [-0.2, 0) is 4.79 Å². The lowest BCUT2D eigenvalue weighted by molar-refractivity contribution is -0.119. The second kappa shape index (κ2) is 5.48. The van der Waals surface area contributed by atoms with Crippen LogP contribution in [0.4, 0.5) is 5.69 Å². The molecule has 96 valence electrons. The number of rotatable bonds is 4. The molecule has 3 N–H and O–H groups in total. The summed E-state index contributed by atoms with van der Waals surface area (Å²) in [6.45, 7) is 0.441. The Kier molecular flexibility index (Phi) is 3.76. The second-order valence-corrected chi connectivity index (χ2v) is 4.19. The second-order valence-electron chi connectivity index (χ2n) is 4.19. The zero-order valence-electron chi connectivity index (χ0n) is 10.2. The van der Waals surface area contributed by atoms with E-state index in [1.807, 2.05) is 0 Å². The largest absolute Gasteiger partial charge is 0.388 e. The van der Waals surface area contributed by atoms with Crippen LogP contribution in [0.25, 0.3) is 0 Å². The Labute approximate surface area is 105 Å². The van der Waals surface area contributed by atoms with Crippen molar-refractivity contribution in [1.29, 1.82) is 0 Å². The zero-order chi connectivity index (χ0) is 13.0. The first-order valence-corrected chi connectivity index (χ1v) is 5.90. The highest BCUT2D eigenvalue weighted by Gasteiger charge is 2.21. The summed E-state index contributed by atoms with van der Waals surface area (Å²) >= 11 is 0. The summed E-state index contributed by atoms with van der Waals surface area (Å²) in [6, 6.07) is 3.50. The van der Waals surface area contributed by atoms with Gasteiger partial charge in [-0.3, -0.25) is 14.6 Å². The molecule has 2 rings (SSSR count). The standard InChI is InChI=1S/C12H16N4O2/c1-13-8-4-5-14-10(6-8)12(18)15-7-9-2-3-11(17)16-9/h4-6,9H,2-3,7H2,1H3,(H,13,14)(H,15,18)(H,16,17). The highest BCUT2D eigenvalue weighted by molar-refractivity contribution is 5.93. The first kappa shape index (κ1) is 12.3. The van der Waals surface area contributed by atoms with Gasteiger partial charge in [0.1, 0.15) is 5.69 Å². The van der Waals surface area contributed by atoms with Gasteiger partial charge in [-0.2, -0.15) is 0 Å². The number of amides is 2. The monoisotopic (exact) mass is 248 g/mol. The number of aromatic nitrogens is 1. The van der Waals surface area contributed by atoms with E-state index in [0.29, 0.717) is 18.7 Å². The molecule has 6 heteroatoms. The molecule has 1 aliphatic rings. The summed E-state index contributed by atoms with van der Waals surface area (Å²) in [5.74, 6) is -0.183. The van der Waals surface area contributed by atoms with Crippen LogP contribution >= 0.6 is 0 Å². The molecule has 2 amide bonds. The maximum Gasteiger partial charge on any atom is 0.270 e. The lowest BCUT2D eigenvalue weighted by Gasteiger charge is -2.11. The SMILES string of the molecule is CNc1ccnc(C(=O)NCC2CCC(=O)N2)c1. The summed E-state index contributed by atoms with van der Waals surface area (Å²) in [7, 11) is 1.78. The molecule has 18 heavy (non-hydrogen) atoms. The first-order chi connectivity index (χ1) is 8.69. The van der Waals surface area contributed by atoms with E-state index in [9.17, 15) is 9.59 Å². The molecular formula is C12H16N4O2. The average molecular weight is 248 g/mol. The number of nitrogens with zero attached hydrogens (tertiary/aromatic N) is 1. The van der Waals surface area contributed by atoms with Gasteiger partial charge >= 0.3 is 0 Å². The van der Waals surface area contributed by atoms with Gasteiger partial charge in [-0.25, -0.2) is 0 Å². The van der Waals surface area contributed by atoms with Crippen molar-refractivity contribution >= 4 is 17.5 Å². The molecule has 1 atom stereocenters. The van der Waals surface area contributed by atoms with E-state index in [1.54, 1.807) is 25.4 Å². The number of nitrogens with one attached hydrogen (secondary N) is 3. The molecule has 6 nitrogen and oxygen atoms in total. The normalized spacial score (nSPS) is 18.3.